The number of likely N-dealkylation sites (tertiary alicyclic amines) is 2. The highest BCUT2D eigenvalue weighted by atomic mass is 32.1. The molecule has 0 aliphatic carbocycles. The molecule has 0 bridgehead atoms. The molecule has 3 N–H and O–H groups in total. The Bertz CT molecular complexity index is 2030. The van der Waals surface area contributed by atoms with Gasteiger partial charge in [-0.25, -0.2) is 9.97 Å². The number of anilines is 1. The second kappa shape index (κ2) is 12.7. The van der Waals surface area contributed by atoms with Crippen molar-refractivity contribution < 1.29 is 14.7 Å². The average molecular weight is 666 g/mol. The Morgan fingerprint density at radius 2 is 1.81 bits per heavy atom. The molecule has 2 amide bonds. The van der Waals surface area contributed by atoms with Gasteiger partial charge in [0.1, 0.15) is 17.8 Å². The fraction of sp³-hybridized carbons (Fsp3) is 0.361. The number of piperidine rings is 2. The summed E-state index contributed by atoms with van der Waals surface area (Å²) in [6.07, 6.45) is 6.28. The smallest absolute Gasteiger partial charge is 0.263 e. The number of fused-ring (bicyclic) bond motifs is 1. The second-order valence-electron chi connectivity index (χ2n) is 13.1. The lowest BCUT2D eigenvalue weighted by molar-refractivity contribution is -0.142. The summed E-state index contributed by atoms with van der Waals surface area (Å²) in [6.45, 7) is 3.81. The van der Waals surface area contributed by atoms with Gasteiger partial charge in [0.2, 0.25) is 5.91 Å². The standard InChI is InChI=1S/C36H39N7O4S/c1-23-18-29(48-31(23)25-8-9-30(37)38-19-25)35(46)42-15-11-26(28(20-42)24-6-4-3-5-7-24)33(44)41-16-12-36(47,13-17-41)21-43-22-39-32-27(34(43)45)10-14-40(32)2/h3-10,14,18-19,22,26,28,47H,11-13,15-17,20-21H2,1-2H3,(H2,37,38)/t26-,28+/m1/s1. The van der Waals surface area contributed by atoms with E-state index in [0.29, 0.717) is 67.2 Å². The molecule has 1 aromatic carbocycles. The minimum atomic E-state index is -1.13. The van der Waals surface area contributed by atoms with Crippen LogP contribution >= 0.6 is 11.3 Å². The molecule has 0 unspecified atom stereocenters. The van der Waals surface area contributed by atoms with Crippen molar-refractivity contribution in [2.45, 2.75) is 44.2 Å². The first-order valence-electron chi connectivity index (χ1n) is 16.3. The number of pyridine rings is 1. The number of carbonyl (C=O) groups excluding carboxylic acids is 2. The van der Waals surface area contributed by atoms with Gasteiger partial charge in [0, 0.05) is 67.9 Å². The first-order chi connectivity index (χ1) is 23.1. The largest absolute Gasteiger partial charge is 0.388 e. The van der Waals surface area contributed by atoms with Gasteiger partial charge in [-0.1, -0.05) is 30.3 Å². The van der Waals surface area contributed by atoms with E-state index < -0.39 is 5.60 Å². The lowest BCUT2D eigenvalue weighted by Crippen LogP contribution is -2.53. The molecule has 2 aliphatic rings. The van der Waals surface area contributed by atoms with Gasteiger partial charge in [0.25, 0.3) is 11.5 Å². The maximum atomic E-state index is 14.1. The fourth-order valence-corrected chi connectivity index (χ4v) is 8.32. The molecule has 5 aromatic rings. The summed E-state index contributed by atoms with van der Waals surface area (Å²) in [5, 5.41) is 12.0. The van der Waals surface area contributed by atoms with Crippen LogP contribution in [0.3, 0.4) is 0 Å². The lowest BCUT2D eigenvalue weighted by Gasteiger charge is -2.43. The average Bonchev–Trinajstić information content (AvgIpc) is 3.68. The van der Waals surface area contributed by atoms with Gasteiger partial charge < -0.3 is 25.2 Å². The molecule has 6 heterocycles. The third-order valence-electron chi connectivity index (χ3n) is 9.94. The maximum Gasteiger partial charge on any atom is 0.263 e. The van der Waals surface area contributed by atoms with E-state index in [2.05, 4.69) is 9.97 Å². The van der Waals surface area contributed by atoms with Gasteiger partial charge in [-0.05, 0) is 61.6 Å². The van der Waals surface area contributed by atoms with E-state index in [1.807, 2.05) is 66.2 Å². The molecule has 12 heteroatoms. The van der Waals surface area contributed by atoms with Crippen LogP contribution in [-0.4, -0.2) is 77.6 Å². The zero-order valence-corrected chi connectivity index (χ0v) is 27.9. The summed E-state index contributed by atoms with van der Waals surface area (Å²) in [7, 11) is 1.84. The number of carbonyl (C=O) groups is 2. The van der Waals surface area contributed by atoms with Gasteiger partial charge >= 0.3 is 0 Å². The summed E-state index contributed by atoms with van der Waals surface area (Å²) in [5.74, 6) is 0.000638. The summed E-state index contributed by atoms with van der Waals surface area (Å²) in [6, 6.07) is 17.3. The molecule has 2 saturated heterocycles. The van der Waals surface area contributed by atoms with Crippen LogP contribution in [0.4, 0.5) is 5.82 Å². The van der Waals surface area contributed by atoms with Gasteiger partial charge in [0.15, 0.2) is 0 Å². The summed E-state index contributed by atoms with van der Waals surface area (Å²) < 4.78 is 3.27. The summed E-state index contributed by atoms with van der Waals surface area (Å²) >= 11 is 1.45. The van der Waals surface area contributed by atoms with Crippen LogP contribution in [-0.2, 0) is 18.4 Å². The van der Waals surface area contributed by atoms with Crippen LogP contribution in [0.1, 0.15) is 46.0 Å². The van der Waals surface area contributed by atoms with Crippen LogP contribution in [0, 0.1) is 12.8 Å². The molecule has 11 nitrogen and oxygen atoms in total. The highest BCUT2D eigenvalue weighted by molar-refractivity contribution is 7.17. The minimum Gasteiger partial charge on any atom is -0.388 e. The van der Waals surface area contributed by atoms with E-state index in [9.17, 15) is 19.5 Å². The van der Waals surface area contributed by atoms with Crippen LogP contribution in [0.2, 0.25) is 0 Å². The molecule has 0 radical (unpaired) electrons. The van der Waals surface area contributed by atoms with Crippen molar-refractivity contribution >= 4 is 40.0 Å². The Hall–Kier alpha value is -4.81. The Labute approximate surface area is 282 Å². The molecular formula is C36H39N7O4S. The van der Waals surface area contributed by atoms with Gasteiger partial charge in [-0.15, -0.1) is 11.3 Å². The van der Waals surface area contributed by atoms with Gasteiger partial charge in [0.05, 0.1) is 22.4 Å². The third-order valence-corrected chi connectivity index (χ3v) is 11.2. The van der Waals surface area contributed by atoms with Crippen molar-refractivity contribution in [3.05, 3.63) is 99.7 Å². The number of hydrogen-bond acceptors (Lipinski definition) is 8. The van der Waals surface area contributed by atoms with Gasteiger partial charge in [-0.2, -0.15) is 0 Å². The zero-order valence-electron chi connectivity index (χ0n) is 27.1. The van der Waals surface area contributed by atoms with Crippen LogP contribution in [0.5, 0.6) is 0 Å². The van der Waals surface area contributed by atoms with E-state index in [-0.39, 0.29) is 35.8 Å². The number of thiophene rings is 1. The first kappa shape index (κ1) is 31.8. The van der Waals surface area contributed by atoms with Crippen molar-refractivity contribution in [3.63, 3.8) is 0 Å². The number of rotatable bonds is 6. The number of amides is 2. The molecule has 248 valence electrons. The molecule has 7 rings (SSSR count). The summed E-state index contributed by atoms with van der Waals surface area (Å²) in [5.41, 5.74) is 8.03. The van der Waals surface area contributed by atoms with E-state index in [4.69, 9.17) is 5.73 Å². The predicted octanol–water partition coefficient (Wildman–Crippen LogP) is 4.05. The number of nitrogens with two attached hydrogens (primary N) is 1. The number of aliphatic hydroxyl groups is 1. The number of nitrogen functional groups attached to an aromatic ring is 1. The van der Waals surface area contributed by atoms with Crippen molar-refractivity contribution in [2.24, 2.45) is 13.0 Å². The molecule has 48 heavy (non-hydrogen) atoms. The molecule has 4 aromatic heterocycles. The predicted molar refractivity (Wildman–Crippen MR) is 186 cm³/mol. The Morgan fingerprint density at radius 3 is 2.54 bits per heavy atom. The van der Waals surface area contributed by atoms with E-state index >= 15 is 0 Å². The second-order valence-corrected chi connectivity index (χ2v) is 14.2. The summed E-state index contributed by atoms with van der Waals surface area (Å²) in [4.78, 5) is 55.1. The Balaban J connectivity index is 1.05. The Kier molecular flexibility index (Phi) is 8.38. The SMILES string of the molecule is Cc1cc(C(=O)N2CC[C@@H](C(=O)N3CCC(O)(Cn4cnc5c(ccn5C)c4=O)CC3)[C@H](c3ccccc3)C2)sc1-c1ccc(N)nc1. The van der Waals surface area contributed by atoms with E-state index in [0.717, 1.165) is 21.6 Å². The molecule has 2 aliphatic heterocycles. The molecule has 0 spiro atoms. The Morgan fingerprint density at radius 1 is 1.04 bits per heavy atom. The van der Waals surface area contributed by atoms with Crippen LogP contribution in [0.15, 0.2) is 78.1 Å². The monoisotopic (exact) mass is 665 g/mol. The molecular weight excluding hydrogens is 627 g/mol. The molecule has 2 fully saturated rings. The third kappa shape index (κ3) is 6.01. The highest BCUT2D eigenvalue weighted by Crippen LogP contribution is 2.38. The quantitative estimate of drug-likeness (QED) is 0.279. The van der Waals surface area contributed by atoms with Crippen molar-refractivity contribution in [1.82, 2.24) is 28.9 Å². The molecule has 2 atom stereocenters. The highest BCUT2D eigenvalue weighted by Gasteiger charge is 2.42. The normalized spacial score (nSPS) is 19.5. The minimum absolute atomic E-state index is 0.0361. The van der Waals surface area contributed by atoms with Crippen molar-refractivity contribution in [2.75, 3.05) is 31.9 Å². The number of hydrogen-bond donors (Lipinski definition) is 2. The van der Waals surface area contributed by atoms with Crippen molar-refractivity contribution in [1.29, 1.82) is 0 Å². The zero-order chi connectivity index (χ0) is 33.6. The van der Waals surface area contributed by atoms with Gasteiger partial charge in [-0.3, -0.25) is 19.0 Å². The van der Waals surface area contributed by atoms with Crippen LogP contribution < -0.4 is 11.3 Å². The van der Waals surface area contributed by atoms with E-state index in [1.54, 1.807) is 29.1 Å². The first-order valence-corrected chi connectivity index (χ1v) is 17.1. The number of aromatic nitrogens is 4. The molecule has 0 saturated carbocycles. The van der Waals surface area contributed by atoms with E-state index in [1.165, 1.54) is 22.2 Å². The maximum absolute atomic E-state index is 14.1. The topological polar surface area (TPSA) is 140 Å². The fourth-order valence-electron chi connectivity index (χ4n) is 7.19. The lowest BCUT2D eigenvalue weighted by atomic mass is 9.79. The van der Waals surface area contributed by atoms with Crippen molar-refractivity contribution in [3.8, 4) is 10.4 Å². The van der Waals surface area contributed by atoms with Crippen LogP contribution in [0.25, 0.3) is 21.5 Å². The number of benzene rings is 1. The number of aryl methyl sites for hydroxylation is 2. The number of nitrogens with zero attached hydrogens (tertiary/aromatic N) is 6.